The van der Waals surface area contributed by atoms with Gasteiger partial charge in [0.2, 0.25) is 0 Å². The van der Waals surface area contributed by atoms with E-state index < -0.39 is 6.16 Å². The second-order valence-electron chi connectivity index (χ2n) is 5.02. The molecular weight excluding hydrogens is 232 g/mol. The number of likely N-dealkylation sites (tertiary alicyclic amines) is 1. The molecule has 0 aliphatic carbocycles. The summed E-state index contributed by atoms with van der Waals surface area (Å²) in [5, 5.41) is 3.39. The molecule has 0 radical (unpaired) electrons. The lowest BCUT2D eigenvalue weighted by atomic mass is 10.00. The number of hydrogen-bond donors (Lipinski definition) is 1. The first-order valence-electron chi connectivity index (χ1n) is 7.07. The first-order valence-corrected chi connectivity index (χ1v) is 7.07. The zero-order chi connectivity index (χ0) is 12.8. The Labute approximate surface area is 109 Å². The maximum absolute atomic E-state index is 11.2. The third-order valence-corrected chi connectivity index (χ3v) is 3.83. The third-order valence-electron chi connectivity index (χ3n) is 3.83. The lowest BCUT2D eigenvalue weighted by Crippen LogP contribution is -2.47. The molecule has 0 saturated carbocycles. The van der Waals surface area contributed by atoms with Crippen molar-refractivity contribution < 1.29 is 14.3 Å². The molecule has 2 aliphatic heterocycles. The number of hydrogen-bond acceptors (Lipinski definition) is 5. The number of piperidine rings is 2. The topological polar surface area (TPSA) is 50.8 Å². The van der Waals surface area contributed by atoms with E-state index in [1.54, 1.807) is 6.92 Å². The van der Waals surface area contributed by atoms with Gasteiger partial charge in [-0.3, -0.25) is 0 Å². The second kappa shape index (κ2) is 6.95. The molecule has 2 heterocycles. The standard InChI is InChI=1S/C13H24N2O3/c1-2-17-13(16)18-12-5-9-15(10-6-12)11-3-7-14-8-4-11/h11-12,14H,2-10H2,1H3. The van der Waals surface area contributed by atoms with Gasteiger partial charge in [-0.25, -0.2) is 4.79 Å². The summed E-state index contributed by atoms with van der Waals surface area (Å²) >= 11 is 0. The summed E-state index contributed by atoms with van der Waals surface area (Å²) in [6, 6.07) is 0.717. The van der Waals surface area contributed by atoms with Gasteiger partial charge >= 0.3 is 6.16 Å². The number of carbonyl (C=O) groups is 1. The molecule has 2 fully saturated rings. The van der Waals surface area contributed by atoms with Gasteiger partial charge in [0.05, 0.1) is 6.61 Å². The van der Waals surface area contributed by atoms with Gasteiger partial charge in [-0.05, 0) is 45.7 Å². The molecular formula is C13H24N2O3. The molecule has 2 saturated heterocycles. The Kier molecular flexibility index (Phi) is 5.26. The highest BCUT2D eigenvalue weighted by molar-refractivity contribution is 5.60. The SMILES string of the molecule is CCOC(=O)OC1CCN(C2CCNCC2)CC1. The van der Waals surface area contributed by atoms with E-state index >= 15 is 0 Å². The lowest BCUT2D eigenvalue weighted by Gasteiger charge is -2.39. The number of nitrogens with one attached hydrogen (secondary N) is 1. The minimum absolute atomic E-state index is 0.0435. The van der Waals surface area contributed by atoms with E-state index in [0.29, 0.717) is 6.61 Å². The Hall–Kier alpha value is -0.810. The maximum Gasteiger partial charge on any atom is 0.508 e. The first-order chi connectivity index (χ1) is 8.79. The molecule has 5 nitrogen and oxygen atoms in total. The average Bonchev–Trinajstić information content (AvgIpc) is 2.41. The Morgan fingerprint density at radius 1 is 1.22 bits per heavy atom. The van der Waals surface area contributed by atoms with Crippen LogP contribution in [0.5, 0.6) is 0 Å². The van der Waals surface area contributed by atoms with Crippen molar-refractivity contribution >= 4 is 6.16 Å². The lowest BCUT2D eigenvalue weighted by molar-refractivity contribution is -0.00619. The number of carbonyl (C=O) groups excluding carboxylic acids is 1. The maximum atomic E-state index is 11.2. The quantitative estimate of drug-likeness (QED) is 0.773. The molecule has 0 bridgehead atoms. The molecule has 0 aromatic carbocycles. The van der Waals surface area contributed by atoms with Crippen molar-refractivity contribution in [1.29, 1.82) is 0 Å². The minimum atomic E-state index is -0.516. The van der Waals surface area contributed by atoms with Crippen molar-refractivity contribution in [2.24, 2.45) is 0 Å². The van der Waals surface area contributed by atoms with Gasteiger partial charge < -0.3 is 19.7 Å². The zero-order valence-electron chi connectivity index (χ0n) is 11.2. The third kappa shape index (κ3) is 3.85. The van der Waals surface area contributed by atoms with E-state index in [9.17, 15) is 4.79 Å². The summed E-state index contributed by atoms with van der Waals surface area (Å²) in [6.45, 7) is 6.51. The van der Waals surface area contributed by atoms with Crippen molar-refractivity contribution in [2.75, 3.05) is 32.8 Å². The van der Waals surface area contributed by atoms with Gasteiger partial charge in [0, 0.05) is 19.1 Å². The van der Waals surface area contributed by atoms with Gasteiger partial charge in [0.1, 0.15) is 6.10 Å². The molecule has 0 atom stereocenters. The Balaban J connectivity index is 1.69. The number of ether oxygens (including phenoxy) is 2. The van der Waals surface area contributed by atoms with Gasteiger partial charge in [-0.1, -0.05) is 0 Å². The van der Waals surface area contributed by atoms with Crippen LogP contribution in [0.3, 0.4) is 0 Å². The van der Waals surface area contributed by atoms with E-state index in [1.807, 2.05) is 0 Å². The summed E-state index contributed by atoms with van der Waals surface area (Å²) in [7, 11) is 0. The fourth-order valence-electron chi connectivity index (χ4n) is 2.82. The molecule has 2 rings (SSSR count). The van der Waals surface area contributed by atoms with Gasteiger partial charge in [0.25, 0.3) is 0 Å². The van der Waals surface area contributed by atoms with Gasteiger partial charge in [-0.15, -0.1) is 0 Å². The summed E-state index contributed by atoms with van der Waals surface area (Å²) in [5.41, 5.74) is 0. The van der Waals surface area contributed by atoms with Crippen LogP contribution in [0.15, 0.2) is 0 Å². The highest BCUT2D eigenvalue weighted by atomic mass is 16.7. The highest BCUT2D eigenvalue weighted by Gasteiger charge is 2.27. The Bertz CT molecular complexity index is 259. The summed E-state index contributed by atoms with van der Waals surface area (Å²) in [4.78, 5) is 13.8. The minimum Gasteiger partial charge on any atom is -0.435 e. The largest absolute Gasteiger partial charge is 0.508 e. The van der Waals surface area contributed by atoms with Gasteiger partial charge in [0.15, 0.2) is 0 Å². The van der Waals surface area contributed by atoms with Crippen molar-refractivity contribution in [3.05, 3.63) is 0 Å². The van der Waals surface area contributed by atoms with Crippen molar-refractivity contribution in [1.82, 2.24) is 10.2 Å². The average molecular weight is 256 g/mol. The smallest absolute Gasteiger partial charge is 0.435 e. The van der Waals surface area contributed by atoms with Crippen LogP contribution in [-0.2, 0) is 9.47 Å². The number of nitrogens with zero attached hydrogens (tertiary/aromatic N) is 1. The van der Waals surface area contributed by atoms with E-state index in [2.05, 4.69) is 10.2 Å². The molecule has 0 spiro atoms. The molecule has 1 N–H and O–H groups in total. The Morgan fingerprint density at radius 3 is 2.50 bits per heavy atom. The fourth-order valence-corrected chi connectivity index (χ4v) is 2.82. The van der Waals surface area contributed by atoms with Crippen molar-refractivity contribution in [3.8, 4) is 0 Å². The monoisotopic (exact) mass is 256 g/mol. The van der Waals surface area contributed by atoms with Crippen LogP contribution in [0.2, 0.25) is 0 Å². The van der Waals surface area contributed by atoms with Crippen molar-refractivity contribution in [2.45, 2.75) is 44.8 Å². The van der Waals surface area contributed by atoms with Crippen LogP contribution in [0.25, 0.3) is 0 Å². The van der Waals surface area contributed by atoms with Crippen LogP contribution in [0, 0.1) is 0 Å². The van der Waals surface area contributed by atoms with Gasteiger partial charge in [-0.2, -0.15) is 0 Å². The summed E-state index contributed by atoms with van der Waals surface area (Å²) < 4.78 is 10.1. The fraction of sp³-hybridized carbons (Fsp3) is 0.923. The van der Waals surface area contributed by atoms with E-state index in [-0.39, 0.29) is 6.10 Å². The predicted molar refractivity (Wildman–Crippen MR) is 68.6 cm³/mol. The predicted octanol–water partition coefficient (Wildman–Crippen LogP) is 1.38. The normalized spacial score (nSPS) is 23.8. The van der Waals surface area contributed by atoms with Crippen LogP contribution >= 0.6 is 0 Å². The van der Waals surface area contributed by atoms with Crippen LogP contribution in [0.4, 0.5) is 4.79 Å². The molecule has 0 amide bonds. The molecule has 18 heavy (non-hydrogen) atoms. The molecule has 2 aliphatic rings. The van der Waals surface area contributed by atoms with Crippen LogP contribution < -0.4 is 5.32 Å². The van der Waals surface area contributed by atoms with Crippen LogP contribution in [-0.4, -0.2) is 56.0 Å². The summed E-state index contributed by atoms with van der Waals surface area (Å²) in [6.07, 6.45) is 3.87. The van der Waals surface area contributed by atoms with E-state index in [1.165, 1.54) is 12.8 Å². The zero-order valence-corrected chi connectivity index (χ0v) is 11.2. The molecule has 104 valence electrons. The Morgan fingerprint density at radius 2 is 1.89 bits per heavy atom. The van der Waals surface area contributed by atoms with Crippen molar-refractivity contribution in [3.63, 3.8) is 0 Å². The summed E-state index contributed by atoms with van der Waals surface area (Å²) in [5.74, 6) is 0. The number of rotatable bonds is 3. The van der Waals surface area contributed by atoms with Crippen LogP contribution in [0.1, 0.15) is 32.6 Å². The highest BCUT2D eigenvalue weighted by Crippen LogP contribution is 2.20. The molecule has 5 heteroatoms. The second-order valence-corrected chi connectivity index (χ2v) is 5.02. The molecule has 0 aromatic rings. The van der Waals surface area contributed by atoms with E-state index in [4.69, 9.17) is 9.47 Å². The molecule has 0 unspecified atom stereocenters. The van der Waals surface area contributed by atoms with E-state index in [0.717, 1.165) is 45.1 Å². The first kappa shape index (κ1) is 13.6. The molecule has 0 aromatic heterocycles.